The predicted molar refractivity (Wildman–Crippen MR) is 164 cm³/mol. The van der Waals surface area contributed by atoms with Gasteiger partial charge in [-0.1, -0.05) is 48.5 Å². The molecule has 0 aliphatic carbocycles. The van der Waals surface area contributed by atoms with E-state index in [2.05, 4.69) is 46.0 Å². The molecule has 3 heterocycles. The molecule has 0 fully saturated rings. The Labute approximate surface area is 240 Å². The molecule has 9 heteroatoms. The molecule has 0 atom stereocenters. The minimum absolute atomic E-state index is 0.413. The van der Waals surface area contributed by atoms with E-state index < -0.39 is 0 Å². The van der Waals surface area contributed by atoms with Gasteiger partial charge in [0.25, 0.3) is 0 Å². The van der Waals surface area contributed by atoms with Crippen LogP contribution in [0, 0.1) is 0 Å². The standard InChI is InChI=1S/C31H31N7O.CH4O/c1-2-3-19-37(20-18-33-22-39)21-23-11-13-25(14-12-23)38-30(26-10-7-17-34-29(26)32)36-28-16-15-27(35-31(28)38)24-8-5-4-6-9-24;1-2/h2,4-17,22H,1,3,18-21H2,(H2,32,34)(H,33,39);2H,1H3. The number of imidazole rings is 1. The lowest BCUT2D eigenvalue weighted by Crippen LogP contribution is -2.32. The second-order valence-corrected chi connectivity index (χ2v) is 9.20. The SMILES string of the molecule is C=CCCN(CCNC=O)Cc1ccc(-n2c(-c3cccnc3N)nc3ccc(-c4ccccc4)nc32)cc1.CO. The number of carbonyl (C=O) groups is 1. The van der Waals surface area contributed by atoms with Crippen molar-refractivity contribution in [1.82, 2.24) is 29.7 Å². The summed E-state index contributed by atoms with van der Waals surface area (Å²) < 4.78 is 2.04. The number of amides is 1. The molecule has 1 amide bonds. The Hall–Kier alpha value is -4.86. The maximum Gasteiger partial charge on any atom is 0.207 e. The number of aromatic nitrogens is 4. The number of nitrogens with two attached hydrogens (primary N) is 1. The molecule has 0 saturated heterocycles. The zero-order valence-corrected chi connectivity index (χ0v) is 23.1. The lowest BCUT2D eigenvalue weighted by atomic mass is 10.1. The number of nitrogens with one attached hydrogen (secondary N) is 1. The molecule has 2 aromatic carbocycles. The van der Waals surface area contributed by atoms with E-state index in [0.29, 0.717) is 18.2 Å². The number of rotatable bonds is 12. The van der Waals surface area contributed by atoms with Crippen molar-refractivity contribution < 1.29 is 9.90 Å². The molecular formula is C32H35N7O2. The third kappa shape index (κ3) is 7.02. The summed E-state index contributed by atoms with van der Waals surface area (Å²) in [4.78, 5) is 27.2. The van der Waals surface area contributed by atoms with Gasteiger partial charge in [0.05, 0.1) is 11.3 Å². The lowest BCUT2D eigenvalue weighted by molar-refractivity contribution is -0.109. The van der Waals surface area contributed by atoms with Crippen LogP contribution in [0.15, 0.2) is 97.7 Å². The van der Waals surface area contributed by atoms with Crippen molar-refractivity contribution in [3.05, 3.63) is 103 Å². The molecule has 0 bridgehead atoms. The number of aliphatic hydroxyl groups excluding tert-OH is 1. The fourth-order valence-corrected chi connectivity index (χ4v) is 4.59. The molecule has 4 N–H and O–H groups in total. The Morgan fingerprint density at radius 3 is 2.46 bits per heavy atom. The minimum Gasteiger partial charge on any atom is -0.400 e. The first kappa shape index (κ1) is 29.1. The highest BCUT2D eigenvalue weighted by Crippen LogP contribution is 2.31. The smallest absolute Gasteiger partial charge is 0.207 e. The highest BCUT2D eigenvalue weighted by Gasteiger charge is 2.19. The summed E-state index contributed by atoms with van der Waals surface area (Å²) in [6.45, 7) is 6.83. The molecular weight excluding hydrogens is 514 g/mol. The first-order chi connectivity index (χ1) is 20.2. The van der Waals surface area contributed by atoms with Gasteiger partial charge < -0.3 is 16.2 Å². The summed E-state index contributed by atoms with van der Waals surface area (Å²) in [6.07, 6.45) is 5.20. The molecule has 0 spiro atoms. The van der Waals surface area contributed by atoms with Crippen molar-refractivity contribution in [3.8, 4) is 28.3 Å². The monoisotopic (exact) mass is 549 g/mol. The summed E-state index contributed by atoms with van der Waals surface area (Å²) in [5.74, 6) is 1.10. The lowest BCUT2D eigenvalue weighted by Gasteiger charge is -2.22. The van der Waals surface area contributed by atoms with E-state index in [9.17, 15) is 4.79 Å². The molecule has 5 rings (SSSR count). The highest BCUT2D eigenvalue weighted by molar-refractivity contribution is 5.84. The van der Waals surface area contributed by atoms with Crippen LogP contribution in [0.1, 0.15) is 12.0 Å². The number of carbonyl (C=O) groups excluding carboxylic acids is 1. The van der Waals surface area contributed by atoms with E-state index in [-0.39, 0.29) is 0 Å². The predicted octanol–water partition coefficient (Wildman–Crippen LogP) is 4.46. The van der Waals surface area contributed by atoms with Crippen LogP contribution >= 0.6 is 0 Å². The molecule has 41 heavy (non-hydrogen) atoms. The molecule has 0 saturated carbocycles. The maximum absolute atomic E-state index is 10.7. The van der Waals surface area contributed by atoms with E-state index in [0.717, 1.165) is 73.2 Å². The average Bonchev–Trinajstić information content (AvgIpc) is 3.40. The molecule has 210 valence electrons. The Morgan fingerprint density at radius 1 is 0.976 bits per heavy atom. The molecule has 0 aliphatic heterocycles. The van der Waals surface area contributed by atoms with E-state index in [1.165, 1.54) is 5.56 Å². The summed E-state index contributed by atoms with van der Waals surface area (Å²) in [7, 11) is 1.00. The quantitative estimate of drug-likeness (QED) is 0.119. The number of aliphatic hydroxyl groups is 1. The topological polar surface area (TPSA) is 122 Å². The van der Waals surface area contributed by atoms with E-state index in [4.69, 9.17) is 20.8 Å². The molecule has 0 unspecified atom stereocenters. The summed E-state index contributed by atoms with van der Waals surface area (Å²) in [6, 6.07) is 26.3. The molecule has 3 aromatic heterocycles. The number of anilines is 1. The number of nitrogen functional groups attached to an aromatic ring is 1. The molecule has 5 aromatic rings. The van der Waals surface area contributed by atoms with Crippen LogP contribution < -0.4 is 11.1 Å². The van der Waals surface area contributed by atoms with Crippen LogP contribution in [-0.4, -0.2) is 62.7 Å². The Bertz CT molecular complexity index is 1570. The van der Waals surface area contributed by atoms with Crippen molar-refractivity contribution in [2.24, 2.45) is 0 Å². The zero-order chi connectivity index (χ0) is 29.0. The van der Waals surface area contributed by atoms with E-state index >= 15 is 0 Å². The van der Waals surface area contributed by atoms with Gasteiger partial charge in [-0.3, -0.25) is 14.3 Å². The van der Waals surface area contributed by atoms with Crippen LogP contribution in [0.5, 0.6) is 0 Å². The van der Waals surface area contributed by atoms with E-state index in [1.807, 2.05) is 65.2 Å². The fraction of sp³-hybridized carbons (Fsp3) is 0.188. The number of fused-ring (bicyclic) bond motifs is 1. The normalized spacial score (nSPS) is 10.7. The second-order valence-electron chi connectivity index (χ2n) is 9.20. The van der Waals surface area contributed by atoms with Crippen molar-refractivity contribution in [2.45, 2.75) is 13.0 Å². The Kier molecular flexibility index (Phi) is 10.3. The fourth-order valence-electron chi connectivity index (χ4n) is 4.59. The molecule has 0 radical (unpaired) electrons. The Balaban J connectivity index is 0.00000189. The number of hydrogen-bond donors (Lipinski definition) is 3. The maximum atomic E-state index is 10.7. The van der Waals surface area contributed by atoms with Gasteiger partial charge in [0.1, 0.15) is 11.3 Å². The van der Waals surface area contributed by atoms with Crippen molar-refractivity contribution >= 4 is 23.4 Å². The summed E-state index contributed by atoms with van der Waals surface area (Å²) in [5.41, 5.74) is 12.6. The summed E-state index contributed by atoms with van der Waals surface area (Å²) >= 11 is 0. The van der Waals surface area contributed by atoms with Crippen molar-refractivity contribution in [1.29, 1.82) is 0 Å². The van der Waals surface area contributed by atoms with E-state index in [1.54, 1.807) is 6.20 Å². The highest BCUT2D eigenvalue weighted by atomic mass is 16.2. The van der Waals surface area contributed by atoms with Gasteiger partial charge in [0.15, 0.2) is 11.5 Å². The van der Waals surface area contributed by atoms with Crippen LogP contribution in [0.25, 0.3) is 39.5 Å². The van der Waals surface area contributed by atoms with Gasteiger partial charge in [-0.15, -0.1) is 6.58 Å². The largest absolute Gasteiger partial charge is 0.400 e. The Morgan fingerprint density at radius 2 is 1.76 bits per heavy atom. The minimum atomic E-state index is 0.413. The molecule has 9 nitrogen and oxygen atoms in total. The van der Waals surface area contributed by atoms with Gasteiger partial charge in [0, 0.05) is 50.7 Å². The number of nitrogens with zero attached hydrogens (tertiary/aromatic N) is 5. The number of benzene rings is 2. The third-order valence-corrected chi connectivity index (χ3v) is 6.56. The first-order valence-corrected chi connectivity index (χ1v) is 13.4. The van der Waals surface area contributed by atoms with Gasteiger partial charge in [0.2, 0.25) is 6.41 Å². The van der Waals surface area contributed by atoms with Crippen LogP contribution in [0.2, 0.25) is 0 Å². The van der Waals surface area contributed by atoms with Gasteiger partial charge in [-0.2, -0.15) is 0 Å². The second kappa shape index (κ2) is 14.5. The number of hydrogen-bond acceptors (Lipinski definition) is 7. The zero-order valence-electron chi connectivity index (χ0n) is 23.1. The van der Waals surface area contributed by atoms with Crippen LogP contribution in [-0.2, 0) is 11.3 Å². The molecule has 0 aliphatic rings. The first-order valence-electron chi connectivity index (χ1n) is 13.4. The van der Waals surface area contributed by atoms with Crippen molar-refractivity contribution in [2.75, 3.05) is 32.5 Å². The number of pyridine rings is 2. The third-order valence-electron chi connectivity index (χ3n) is 6.56. The van der Waals surface area contributed by atoms with Crippen LogP contribution in [0.4, 0.5) is 5.82 Å². The van der Waals surface area contributed by atoms with Crippen molar-refractivity contribution in [3.63, 3.8) is 0 Å². The summed E-state index contributed by atoms with van der Waals surface area (Å²) in [5, 5.41) is 9.75. The van der Waals surface area contributed by atoms with Gasteiger partial charge >= 0.3 is 0 Å². The van der Waals surface area contributed by atoms with Crippen LogP contribution in [0.3, 0.4) is 0 Å². The van der Waals surface area contributed by atoms with Gasteiger partial charge in [-0.25, -0.2) is 15.0 Å². The average molecular weight is 550 g/mol. The van der Waals surface area contributed by atoms with Gasteiger partial charge in [-0.05, 0) is 48.4 Å².